The molecular formula is C14H16N2O. The highest BCUT2D eigenvalue weighted by Crippen LogP contribution is 2.28. The fraction of sp³-hybridized carbons (Fsp3) is 0.143. The molecule has 17 heavy (non-hydrogen) atoms. The summed E-state index contributed by atoms with van der Waals surface area (Å²) in [6, 6.07) is 13.7. The number of aryl methyl sites for hydroxylation is 1. The van der Waals surface area contributed by atoms with Crippen molar-refractivity contribution < 1.29 is 4.74 Å². The highest BCUT2D eigenvalue weighted by atomic mass is 16.5. The minimum atomic E-state index is 0.801. The Morgan fingerprint density at radius 1 is 1.12 bits per heavy atom. The molecule has 0 fully saturated rings. The van der Waals surface area contributed by atoms with E-state index in [0.717, 1.165) is 28.4 Å². The third-order valence-electron chi connectivity index (χ3n) is 2.66. The predicted octanol–water partition coefficient (Wildman–Crippen LogP) is 3.33. The van der Waals surface area contributed by atoms with Crippen LogP contribution in [-0.2, 0) is 0 Å². The van der Waals surface area contributed by atoms with Crippen molar-refractivity contribution >= 4 is 17.1 Å². The lowest BCUT2D eigenvalue weighted by Gasteiger charge is -2.11. The van der Waals surface area contributed by atoms with E-state index in [-0.39, 0.29) is 0 Å². The molecule has 0 aromatic heterocycles. The second-order valence-corrected chi connectivity index (χ2v) is 3.90. The van der Waals surface area contributed by atoms with Gasteiger partial charge in [-0.1, -0.05) is 12.1 Å². The van der Waals surface area contributed by atoms with Crippen molar-refractivity contribution in [3.8, 4) is 5.75 Å². The first-order valence-corrected chi connectivity index (χ1v) is 5.47. The molecule has 0 unspecified atom stereocenters. The van der Waals surface area contributed by atoms with Crippen LogP contribution in [0.15, 0.2) is 42.5 Å². The van der Waals surface area contributed by atoms with Gasteiger partial charge >= 0.3 is 0 Å². The van der Waals surface area contributed by atoms with Gasteiger partial charge in [0, 0.05) is 11.4 Å². The van der Waals surface area contributed by atoms with E-state index in [0.29, 0.717) is 0 Å². The summed E-state index contributed by atoms with van der Waals surface area (Å²) >= 11 is 0. The van der Waals surface area contributed by atoms with Crippen LogP contribution < -0.4 is 15.8 Å². The van der Waals surface area contributed by atoms with E-state index in [4.69, 9.17) is 10.5 Å². The smallest absolute Gasteiger partial charge is 0.142 e. The van der Waals surface area contributed by atoms with Gasteiger partial charge in [0.05, 0.1) is 12.8 Å². The van der Waals surface area contributed by atoms with Crippen molar-refractivity contribution in [2.75, 3.05) is 18.2 Å². The van der Waals surface area contributed by atoms with Crippen LogP contribution in [0.5, 0.6) is 5.75 Å². The molecule has 2 aromatic rings. The van der Waals surface area contributed by atoms with Crippen LogP contribution >= 0.6 is 0 Å². The quantitative estimate of drug-likeness (QED) is 0.792. The molecule has 3 N–H and O–H groups in total. The van der Waals surface area contributed by atoms with Crippen LogP contribution in [0.2, 0.25) is 0 Å². The topological polar surface area (TPSA) is 47.3 Å². The first kappa shape index (κ1) is 11.3. The van der Waals surface area contributed by atoms with Gasteiger partial charge in [-0.15, -0.1) is 0 Å². The maximum absolute atomic E-state index is 5.79. The van der Waals surface area contributed by atoms with Crippen LogP contribution in [0.4, 0.5) is 17.1 Å². The van der Waals surface area contributed by atoms with Crippen LogP contribution in [-0.4, -0.2) is 7.11 Å². The number of nitrogens with two attached hydrogens (primary N) is 1. The molecule has 0 aliphatic rings. The molecule has 0 saturated carbocycles. The molecule has 0 aliphatic carbocycles. The second kappa shape index (κ2) is 4.78. The Morgan fingerprint density at radius 2 is 1.88 bits per heavy atom. The maximum Gasteiger partial charge on any atom is 0.142 e. The van der Waals surface area contributed by atoms with Crippen molar-refractivity contribution in [3.05, 3.63) is 48.0 Å². The van der Waals surface area contributed by atoms with Gasteiger partial charge in [0.1, 0.15) is 5.75 Å². The SMILES string of the molecule is COc1ccccc1Nc1ccc(N)c(C)c1. The number of anilines is 3. The van der Waals surface area contributed by atoms with Crippen molar-refractivity contribution in [2.45, 2.75) is 6.92 Å². The van der Waals surface area contributed by atoms with Crippen molar-refractivity contribution in [1.29, 1.82) is 0 Å². The molecule has 0 amide bonds. The Balaban J connectivity index is 2.28. The molecule has 0 radical (unpaired) electrons. The number of benzene rings is 2. The number of rotatable bonds is 3. The first-order valence-electron chi connectivity index (χ1n) is 5.47. The Kier molecular flexibility index (Phi) is 3.19. The molecule has 3 heteroatoms. The minimum absolute atomic E-state index is 0.801. The largest absolute Gasteiger partial charge is 0.495 e. The lowest BCUT2D eigenvalue weighted by molar-refractivity contribution is 0.417. The van der Waals surface area contributed by atoms with Crippen molar-refractivity contribution in [2.24, 2.45) is 0 Å². The van der Waals surface area contributed by atoms with E-state index in [1.54, 1.807) is 7.11 Å². The Labute approximate surface area is 101 Å². The number of hydrogen-bond acceptors (Lipinski definition) is 3. The third-order valence-corrected chi connectivity index (χ3v) is 2.66. The summed E-state index contributed by atoms with van der Waals surface area (Å²) in [7, 11) is 1.66. The molecule has 2 aromatic carbocycles. The normalized spacial score (nSPS) is 10.0. The maximum atomic E-state index is 5.79. The van der Waals surface area contributed by atoms with Gasteiger partial charge in [-0.3, -0.25) is 0 Å². The van der Waals surface area contributed by atoms with E-state index in [9.17, 15) is 0 Å². The summed E-state index contributed by atoms with van der Waals surface area (Å²) in [6.45, 7) is 1.99. The molecule has 0 atom stereocenters. The Bertz CT molecular complexity index is 523. The van der Waals surface area contributed by atoms with Crippen LogP contribution in [0, 0.1) is 6.92 Å². The van der Waals surface area contributed by atoms with Gasteiger partial charge in [0.15, 0.2) is 0 Å². The fourth-order valence-corrected chi connectivity index (χ4v) is 1.66. The van der Waals surface area contributed by atoms with Gasteiger partial charge in [0.25, 0.3) is 0 Å². The van der Waals surface area contributed by atoms with Crippen LogP contribution in [0.25, 0.3) is 0 Å². The number of nitrogen functional groups attached to an aromatic ring is 1. The van der Waals surface area contributed by atoms with Crippen molar-refractivity contribution in [1.82, 2.24) is 0 Å². The highest BCUT2D eigenvalue weighted by molar-refractivity contribution is 5.68. The summed E-state index contributed by atoms with van der Waals surface area (Å²) in [5.41, 5.74) is 9.59. The lowest BCUT2D eigenvalue weighted by Crippen LogP contribution is -1.96. The van der Waals surface area contributed by atoms with Gasteiger partial charge in [-0.2, -0.15) is 0 Å². The standard InChI is InChI=1S/C14H16N2O/c1-10-9-11(7-8-12(10)15)16-13-5-3-4-6-14(13)17-2/h3-9,16H,15H2,1-2H3. The van der Waals surface area contributed by atoms with E-state index in [1.807, 2.05) is 49.4 Å². The van der Waals surface area contributed by atoms with E-state index < -0.39 is 0 Å². The van der Waals surface area contributed by atoms with Gasteiger partial charge in [-0.05, 0) is 42.8 Å². The third kappa shape index (κ3) is 2.50. The predicted molar refractivity (Wildman–Crippen MR) is 71.9 cm³/mol. The molecule has 0 heterocycles. The molecule has 0 saturated heterocycles. The second-order valence-electron chi connectivity index (χ2n) is 3.90. The van der Waals surface area contributed by atoms with Crippen LogP contribution in [0.3, 0.4) is 0 Å². The molecule has 88 valence electrons. The summed E-state index contributed by atoms with van der Waals surface area (Å²) in [5, 5.41) is 3.31. The molecular weight excluding hydrogens is 212 g/mol. The number of methoxy groups -OCH3 is 1. The zero-order valence-corrected chi connectivity index (χ0v) is 10.0. The lowest BCUT2D eigenvalue weighted by atomic mass is 10.2. The first-order chi connectivity index (χ1) is 8.20. The van der Waals surface area contributed by atoms with E-state index in [2.05, 4.69) is 5.32 Å². The van der Waals surface area contributed by atoms with Gasteiger partial charge < -0.3 is 15.8 Å². The summed E-state index contributed by atoms with van der Waals surface area (Å²) in [5.74, 6) is 0.821. The molecule has 0 aliphatic heterocycles. The van der Waals surface area contributed by atoms with E-state index in [1.165, 1.54) is 0 Å². The summed E-state index contributed by atoms with van der Waals surface area (Å²) < 4.78 is 5.28. The fourth-order valence-electron chi connectivity index (χ4n) is 1.66. The van der Waals surface area contributed by atoms with Gasteiger partial charge in [0.2, 0.25) is 0 Å². The molecule has 0 bridgehead atoms. The molecule has 0 spiro atoms. The average molecular weight is 228 g/mol. The summed E-state index contributed by atoms with van der Waals surface area (Å²) in [6.07, 6.45) is 0. The zero-order valence-electron chi connectivity index (χ0n) is 10.0. The molecule has 3 nitrogen and oxygen atoms in total. The Hall–Kier alpha value is -2.16. The number of para-hydroxylation sites is 2. The minimum Gasteiger partial charge on any atom is -0.495 e. The zero-order chi connectivity index (χ0) is 12.3. The highest BCUT2D eigenvalue weighted by Gasteiger charge is 2.02. The van der Waals surface area contributed by atoms with Crippen molar-refractivity contribution in [3.63, 3.8) is 0 Å². The number of nitrogens with one attached hydrogen (secondary N) is 1. The Morgan fingerprint density at radius 3 is 2.59 bits per heavy atom. The summed E-state index contributed by atoms with van der Waals surface area (Å²) in [4.78, 5) is 0. The van der Waals surface area contributed by atoms with Gasteiger partial charge in [-0.25, -0.2) is 0 Å². The monoisotopic (exact) mass is 228 g/mol. The molecule has 2 rings (SSSR count). The number of ether oxygens (including phenoxy) is 1. The average Bonchev–Trinajstić information content (AvgIpc) is 2.34. The number of hydrogen-bond donors (Lipinski definition) is 2. The van der Waals surface area contributed by atoms with E-state index >= 15 is 0 Å². The van der Waals surface area contributed by atoms with Crippen LogP contribution in [0.1, 0.15) is 5.56 Å².